The van der Waals surface area contributed by atoms with Crippen LogP contribution >= 0.6 is 11.3 Å². The number of amides is 2. The third kappa shape index (κ3) is 3.38. The number of hydrogen-bond acceptors (Lipinski definition) is 6. The highest BCUT2D eigenvalue weighted by Gasteiger charge is 2.31. The second-order valence-electron chi connectivity index (χ2n) is 6.67. The summed E-state index contributed by atoms with van der Waals surface area (Å²) in [5, 5.41) is 13.3. The maximum Gasteiger partial charge on any atom is 0.373 e. The first-order valence-corrected chi connectivity index (χ1v) is 9.81. The minimum absolute atomic E-state index is 0.0165. The second-order valence-corrected chi connectivity index (χ2v) is 7.54. The van der Waals surface area contributed by atoms with Gasteiger partial charge in [-0.1, -0.05) is 41.7 Å². The largest absolute Gasteiger partial charge is 0.373 e. The van der Waals surface area contributed by atoms with Crippen LogP contribution in [0.25, 0.3) is 4.96 Å². The van der Waals surface area contributed by atoms with Crippen LogP contribution in [-0.2, 0) is 6.54 Å². The van der Waals surface area contributed by atoms with E-state index in [9.17, 15) is 14.9 Å². The number of thiazole rings is 1. The van der Waals surface area contributed by atoms with E-state index in [0.717, 1.165) is 5.56 Å². The normalized spacial score (nSPS) is 14.5. The zero-order chi connectivity index (χ0) is 19.7. The van der Waals surface area contributed by atoms with E-state index >= 15 is 0 Å². The zero-order valence-electron chi connectivity index (χ0n) is 15.4. The minimum atomic E-state index is -0.396. The Balaban J connectivity index is 1.42. The van der Waals surface area contributed by atoms with Gasteiger partial charge in [0.05, 0.1) is 0 Å². The molecule has 1 aliphatic rings. The van der Waals surface area contributed by atoms with E-state index in [4.69, 9.17) is 0 Å². The van der Waals surface area contributed by atoms with E-state index in [0.29, 0.717) is 43.5 Å². The summed E-state index contributed by atoms with van der Waals surface area (Å²) in [4.78, 5) is 34.2. The molecule has 28 heavy (non-hydrogen) atoms. The predicted molar refractivity (Wildman–Crippen MR) is 107 cm³/mol. The van der Waals surface area contributed by atoms with Gasteiger partial charge in [0.25, 0.3) is 4.96 Å². The van der Waals surface area contributed by atoms with Crippen LogP contribution in [0.3, 0.4) is 0 Å². The number of carbonyl (C=O) groups is 1. The summed E-state index contributed by atoms with van der Waals surface area (Å²) >= 11 is 1.36. The van der Waals surface area contributed by atoms with Gasteiger partial charge in [-0.25, -0.2) is 4.79 Å². The van der Waals surface area contributed by atoms with Crippen molar-refractivity contribution in [2.75, 3.05) is 38.1 Å². The minimum Gasteiger partial charge on any atom is -0.358 e. The lowest BCUT2D eigenvalue weighted by atomic mass is 10.2. The predicted octanol–water partition coefficient (Wildman–Crippen LogP) is 2.68. The number of imidazole rings is 1. The summed E-state index contributed by atoms with van der Waals surface area (Å²) in [5.74, 6) is 0.360. The van der Waals surface area contributed by atoms with Gasteiger partial charge < -0.3 is 24.8 Å². The fourth-order valence-corrected chi connectivity index (χ4v) is 4.12. The molecule has 0 bridgehead atoms. The molecule has 0 N–H and O–H groups in total. The first-order valence-electron chi connectivity index (χ1n) is 8.93. The number of nitro groups is 1. The lowest BCUT2D eigenvalue weighted by Gasteiger charge is -2.36. The Morgan fingerprint density at radius 3 is 2.64 bits per heavy atom. The molecule has 9 nitrogen and oxygen atoms in total. The Labute approximate surface area is 165 Å². The van der Waals surface area contributed by atoms with Gasteiger partial charge in [0.15, 0.2) is 0 Å². The van der Waals surface area contributed by atoms with Crippen molar-refractivity contribution in [3.05, 3.63) is 57.6 Å². The van der Waals surface area contributed by atoms with Crippen molar-refractivity contribution in [1.29, 1.82) is 0 Å². The van der Waals surface area contributed by atoms with Crippen molar-refractivity contribution in [1.82, 2.24) is 19.2 Å². The Morgan fingerprint density at radius 2 is 1.96 bits per heavy atom. The summed E-state index contributed by atoms with van der Waals surface area (Å²) in [6.45, 7) is 2.57. The number of rotatable bonds is 4. The van der Waals surface area contributed by atoms with Crippen LogP contribution in [0.4, 0.5) is 16.4 Å². The quantitative estimate of drug-likeness (QED) is 0.496. The van der Waals surface area contributed by atoms with Crippen LogP contribution < -0.4 is 4.90 Å². The molecule has 146 valence electrons. The monoisotopic (exact) mass is 400 g/mol. The van der Waals surface area contributed by atoms with E-state index in [1.54, 1.807) is 28.4 Å². The fraction of sp³-hybridized carbons (Fsp3) is 0.333. The second kappa shape index (κ2) is 7.47. The van der Waals surface area contributed by atoms with Gasteiger partial charge in [0.1, 0.15) is 6.20 Å². The highest BCUT2D eigenvalue weighted by molar-refractivity contribution is 7.15. The Morgan fingerprint density at radius 1 is 1.25 bits per heavy atom. The molecule has 2 aromatic heterocycles. The van der Waals surface area contributed by atoms with E-state index in [-0.39, 0.29) is 11.8 Å². The molecule has 1 fully saturated rings. The van der Waals surface area contributed by atoms with Crippen molar-refractivity contribution < 1.29 is 9.72 Å². The topological polar surface area (TPSA) is 87.2 Å². The summed E-state index contributed by atoms with van der Waals surface area (Å²) in [6.07, 6.45) is 1.66. The molecular formula is C18H20N6O3S. The Hall–Kier alpha value is -3.14. The van der Waals surface area contributed by atoms with Crippen molar-refractivity contribution >= 4 is 34.0 Å². The molecule has 2 amide bonds. The number of anilines is 1. The lowest BCUT2D eigenvalue weighted by molar-refractivity contribution is -0.389. The summed E-state index contributed by atoms with van der Waals surface area (Å²) < 4.78 is 1.51. The smallest absolute Gasteiger partial charge is 0.358 e. The number of urea groups is 1. The fourth-order valence-electron chi connectivity index (χ4n) is 3.42. The van der Waals surface area contributed by atoms with Crippen LogP contribution in [0.5, 0.6) is 0 Å². The number of piperazine rings is 1. The summed E-state index contributed by atoms with van der Waals surface area (Å²) in [6, 6.07) is 9.80. The van der Waals surface area contributed by atoms with Crippen molar-refractivity contribution in [3.8, 4) is 0 Å². The van der Waals surface area contributed by atoms with Crippen molar-refractivity contribution in [2.24, 2.45) is 0 Å². The van der Waals surface area contributed by atoms with E-state index in [1.807, 2.05) is 35.2 Å². The molecular weight excluding hydrogens is 380 g/mol. The standard InChI is InChI=1S/C18H20N6O3S/c1-20(13-14-5-3-2-4-6-14)18(25)22-9-7-21(8-10-22)15-16(24(26)27)23-11-12-28-17(23)19-15/h2-6,11-12H,7-10,13H2,1H3. The van der Waals surface area contributed by atoms with Gasteiger partial charge in [-0.2, -0.15) is 9.38 Å². The molecule has 1 aliphatic heterocycles. The van der Waals surface area contributed by atoms with Crippen LogP contribution in [-0.4, -0.2) is 63.4 Å². The molecule has 0 spiro atoms. The van der Waals surface area contributed by atoms with Crippen LogP contribution in [0, 0.1) is 10.1 Å². The molecule has 0 aliphatic carbocycles. The van der Waals surface area contributed by atoms with Crippen LogP contribution in [0.2, 0.25) is 0 Å². The van der Waals surface area contributed by atoms with E-state index < -0.39 is 4.92 Å². The third-order valence-electron chi connectivity index (χ3n) is 4.83. The molecule has 4 rings (SSSR count). The van der Waals surface area contributed by atoms with Gasteiger partial charge in [-0.05, 0) is 10.5 Å². The van der Waals surface area contributed by atoms with Crippen LogP contribution in [0.1, 0.15) is 5.56 Å². The van der Waals surface area contributed by atoms with Crippen molar-refractivity contribution in [2.45, 2.75) is 6.54 Å². The first kappa shape index (κ1) is 18.2. The number of hydrogen-bond donors (Lipinski definition) is 0. The molecule has 1 saturated heterocycles. The molecule has 0 radical (unpaired) electrons. The third-order valence-corrected chi connectivity index (χ3v) is 5.59. The van der Waals surface area contributed by atoms with Gasteiger partial charge >= 0.3 is 11.8 Å². The maximum atomic E-state index is 12.7. The molecule has 0 saturated carbocycles. The summed E-state index contributed by atoms with van der Waals surface area (Å²) in [7, 11) is 1.79. The highest BCUT2D eigenvalue weighted by atomic mass is 32.1. The Kier molecular flexibility index (Phi) is 4.86. The van der Waals surface area contributed by atoms with Crippen LogP contribution in [0.15, 0.2) is 41.9 Å². The number of benzene rings is 1. The average molecular weight is 400 g/mol. The summed E-state index contributed by atoms with van der Waals surface area (Å²) in [5.41, 5.74) is 1.07. The SMILES string of the molecule is CN(Cc1ccccc1)C(=O)N1CCN(c2nc3sccn3c2[N+](=O)[O-])CC1. The first-order chi connectivity index (χ1) is 13.5. The van der Waals surface area contributed by atoms with E-state index in [1.165, 1.54) is 15.7 Å². The maximum absolute atomic E-state index is 12.7. The number of nitrogens with zero attached hydrogens (tertiary/aromatic N) is 6. The average Bonchev–Trinajstić information content (AvgIpc) is 3.29. The number of aromatic nitrogens is 2. The Bertz CT molecular complexity index is 993. The molecule has 0 unspecified atom stereocenters. The van der Waals surface area contributed by atoms with Gasteiger partial charge in [-0.3, -0.25) is 0 Å². The van der Waals surface area contributed by atoms with Gasteiger partial charge in [0, 0.05) is 45.2 Å². The highest BCUT2D eigenvalue weighted by Crippen LogP contribution is 2.31. The number of carbonyl (C=O) groups excluding carboxylic acids is 1. The van der Waals surface area contributed by atoms with E-state index in [2.05, 4.69) is 4.98 Å². The number of fused-ring (bicyclic) bond motifs is 1. The molecule has 3 aromatic rings. The van der Waals surface area contributed by atoms with Gasteiger partial charge in [0.2, 0.25) is 5.82 Å². The lowest BCUT2D eigenvalue weighted by Crippen LogP contribution is -2.52. The molecule has 3 heterocycles. The van der Waals surface area contributed by atoms with Gasteiger partial charge in [-0.15, -0.1) is 0 Å². The molecule has 10 heteroatoms. The zero-order valence-corrected chi connectivity index (χ0v) is 16.2. The molecule has 0 atom stereocenters. The molecule has 1 aromatic carbocycles. The van der Waals surface area contributed by atoms with Crippen molar-refractivity contribution in [3.63, 3.8) is 0 Å².